The van der Waals surface area contributed by atoms with Gasteiger partial charge in [-0.1, -0.05) is 30.0 Å². The molecule has 0 radical (unpaired) electrons. The van der Waals surface area contributed by atoms with Gasteiger partial charge in [0.25, 0.3) is 0 Å². The van der Waals surface area contributed by atoms with Crippen molar-refractivity contribution in [2.75, 3.05) is 16.0 Å². The molecule has 0 atom stereocenters. The van der Waals surface area contributed by atoms with Crippen LogP contribution in [0.25, 0.3) is 0 Å². The van der Waals surface area contributed by atoms with Gasteiger partial charge >= 0.3 is 0 Å². The van der Waals surface area contributed by atoms with Gasteiger partial charge in [-0.25, -0.2) is 4.68 Å². The molecule has 32 heavy (non-hydrogen) atoms. The second-order valence-electron chi connectivity index (χ2n) is 7.38. The molecular weight excluding hydrogens is 424 g/mol. The van der Waals surface area contributed by atoms with E-state index in [4.69, 9.17) is 4.42 Å². The third kappa shape index (κ3) is 5.36. The van der Waals surface area contributed by atoms with Crippen LogP contribution in [0.2, 0.25) is 0 Å². The summed E-state index contributed by atoms with van der Waals surface area (Å²) in [7, 11) is 0. The minimum absolute atomic E-state index is 0.00939. The van der Waals surface area contributed by atoms with Crippen LogP contribution >= 0.6 is 11.8 Å². The molecule has 1 amide bonds. The number of thioether (sulfide) groups is 1. The highest BCUT2D eigenvalue weighted by atomic mass is 32.2. The molecule has 1 N–H and O–H groups in total. The first-order valence-corrected chi connectivity index (χ1v) is 11.2. The van der Waals surface area contributed by atoms with Crippen molar-refractivity contribution in [1.29, 1.82) is 0 Å². The van der Waals surface area contributed by atoms with Crippen molar-refractivity contribution in [1.82, 2.24) is 20.2 Å². The Morgan fingerprint density at radius 3 is 2.50 bits per heavy atom. The van der Waals surface area contributed by atoms with Crippen LogP contribution in [0, 0.1) is 0 Å². The molecule has 4 aromatic rings. The Morgan fingerprint density at radius 1 is 1.06 bits per heavy atom. The van der Waals surface area contributed by atoms with Gasteiger partial charge in [0.15, 0.2) is 0 Å². The first kappa shape index (κ1) is 21.6. The number of anilines is 3. The molecule has 0 bridgehead atoms. The van der Waals surface area contributed by atoms with Gasteiger partial charge in [-0.05, 0) is 72.8 Å². The number of para-hydroxylation sites is 1. The van der Waals surface area contributed by atoms with Crippen LogP contribution < -0.4 is 10.2 Å². The first-order valence-electron chi connectivity index (χ1n) is 10.3. The SMILES string of the molecule is CC(C)N(C(=O)CSc1nnnn1Cc1ccco1)c1ccc(Nc2ccccc2)cc1. The number of benzene rings is 2. The second kappa shape index (κ2) is 10.1. The van der Waals surface area contributed by atoms with E-state index < -0.39 is 0 Å². The number of hydrogen-bond acceptors (Lipinski definition) is 7. The summed E-state index contributed by atoms with van der Waals surface area (Å²) in [6.07, 6.45) is 1.61. The fourth-order valence-corrected chi connectivity index (χ4v) is 4.00. The van der Waals surface area contributed by atoms with Crippen LogP contribution in [0.5, 0.6) is 0 Å². The summed E-state index contributed by atoms with van der Waals surface area (Å²) in [4.78, 5) is 14.9. The summed E-state index contributed by atoms with van der Waals surface area (Å²) in [5.41, 5.74) is 2.82. The average molecular weight is 449 g/mol. The Hall–Kier alpha value is -3.59. The van der Waals surface area contributed by atoms with Crippen LogP contribution in [0.3, 0.4) is 0 Å². The van der Waals surface area contributed by atoms with E-state index >= 15 is 0 Å². The lowest BCUT2D eigenvalue weighted by molar-refractivity contribution is -0.116. The van der Waals surface area contributed by atoms with Gasteiger partial charge in [-0.2, -0.15) is 0 Å². The quantitative estimate of drug-likeness (QED) is 0.375. The van der Waals surface area contributed by atoms with Crippen molar-refractivity contribution in [3.05, 3.63) is 78.8 Å². The van der Waals surface area contributed by atoms with Crippen molar-refractivity contribution in [2.45, 2.75) is 31.6 Å². The summed E-state index contributed by atoms with van der Waals surface area (Å²) in [6, 6.07) is 21.5. The van der Waals surface area contributed by atoms with E-state index in [-0.39, 0.29) is 17.7 Å². The Balaban J connectivity index is 1.40. The first-order chi connectivity index (χ1) is 15.6. The molecule has 0 aliphatic rings. The third-order valence-electron chi connectivity index (χ3n) is 4.70. The molecule has 0 aliphatic carbocycles. The van der Waals surface area contributed by atoms with Crippen LogP contribution in [-0.2, 0) is 11.3 Å². The Kier molecular flexibility index (Phi) is 6.86. The molecule has 164 valence electrons. The molecular formula is C23H24N6O2S. The summed E-state index contributed by atoms with van der Waals surface area (Å²) in [5, 5.41) is 15.7. The lowest BCUT2D eigenvalue weighted by Gasteiger charge is -2.27. The maximum Gasteiger partial charge on any atom is 0.237 e. The average Bonchev–Trinajstić information content (AvgIpc) is 3.47. The van der Waals surface area contributed by atoms with E-state index in [9.17, 15) is 4.79 Å². The van der Waals surface area contributed by atoms with Crippen LogP contribution in [0.4, 0.5) is 17.1 Å². The van der Waals surface area contributed by atoms with Crippen molar-refractivity contribution in [2.24, 2.45) is 0 Å². The third-order valence-corrected chi connectivity index (χ3v) is 5.64. The maximum absolute atomic E-state index is 13.1. The minimum Gasteiger partial charge on any atom is -0.467 e. The van der Waals surface area contributed by atoms with Crippen molar-refractivity contribution < 1.29 is 9.21 Å². The van der Waals surface area contributed by atoms with Crippen LogP contribution in [-0.4, -0.2) is 37.9 Å². The highest BCUT2D eigenvalue weighted by Gasteiger charge is 2.21. The zero-order valence-corrected chi connectivity index (χ0v) is 18.7. The topological polar surface area (TPSA) is 89.1 Å². The van der Waals surface area contributed by atoms with E-state index in [0.29, 0.717) is 11.7 Å². The van der Waals surface area contributed by atoms with Crippen molar-refractivity contribution in [3.63, 3.8) is 0 Å². The number of tetrazole rings is 1. The lowest BCUT2D eigenvalue weighted by Crippen LogP contribution is -2.38. The van der Waals surface area contributed by atoms with Crippen molar-refractivity contribution in [3.8, 4) is 0 Å². The lowest BCUT2D eigenvalue weighted by atomic mass is 10.2. The van der Waals surface area contributed by atoms with Gasteiger partial charge < -0.3 is 14.6 Å². The van der Waals surface area contributed by atoms with E-state index in [1.54, 1.807) is 15.8 Å². The summed E-state index contributed by atoms with van der Waals surface area (Å²) in [6.45, 7) is 4.42. The maximum atomic E-state index is 13.1. The number of carbonyl (C=O) groups excluding carboxylic acids is 1. The van der Waals surface area contributed by atoms with Crippen molar-refractivity contribution >= 4 is 34.7 Å². The van der Waals surface area contributed by atoms with Crippen LogP contribution in [0.15, 0.2) is 82.6 Å². The number of rotatable bonds is 9. The molecule has 8 nitrogen and oxygen atoms in total. The van der Waals surface area contributed by atoms with Gasteiger partial charge in [0, 0.05) is 23.1 Å². The summed E-state index contributed by atoms with van der Waals surface area (Å²) in [5.74, 6) is 0.959. The number of nitrogens with one attached hydrogen (secondary N) is 1. The zero-order chi connectivity index (χ0) is 22.3. The standard InChI is InChI=1S/C23H24N6O2S/c1-17(2)29(20-12-10-19(11-13-20)24-18-7-4-3-5-8-18)22(30)16-32-23-25-26-27-28(23)15-21-9-6-14-31-21/h3-14,17,24H,15-16H2,1-2H3. The van der Waals surface area contributed by atoms with E-state index in [1.807, 2.05) is 80.6 Å². The predicted molar refractivity (Wildman–Crippen MR) is 125 cm³/mol. The van der Waals surface area contributed by atoms with Gasteiger partial charge in [0.2, 0.25) is 11.1 Å². The molecule has 0 saturated heterocycles. The molecule has 2 heterocycles. The fraction of sp³-hybridized carbons (Fsp3) is 0.217. The molecule has 0 unspecified atom stereocenters. The van der Waals surface area contributed by atoms with Gasteiger partial charge in [-0.15, -0.1) is 5.10 Å². The van der Waals surface area contributed by atoms with E-state index in [2.05, 4.69) is 20.8 Å². The van der Waals surface area contributed by atoms with Gasteiger partial charge in [0.1, 0.15) is 12.3 Å². The number of aromatic nitrogens is 4. The molecule has 4 rings (SSSR count). The summed E-state index contributed by atoms with van der Waals surface area (Å²) >= 11 is 1.31. The van der Waals surface area contributed by atoms with Gasteiger partial charge in [0.05, 0.1) is 12.0 Å². The Bertz CT molecular complexity index is 1130. The number of carbonyl (C=O) groups is 1. The number of amides is 1. The van der Waals surface area contributed by atoms with Crippen LogP contribution in [0.1, 0.15) is 19.6 Å². The monoisotopic (exact) mass is 448 g/mol. The zero-order valence-electron chi connectivity index (χ0n) is 17.9. The molecule has 0 spiro atoms. The molecule has 0 fully saturated rings. The molecule has 2 aromatic carbocycles. The normalized spacial score (nSPS) is 11.0. The highest BCUT2D eigenvalue weighted by Crippen LogP contribution is 2.24. The largest absolute Gasteiger partial charge is 0.467 e. The highest BCUT2D eigenvalue weighted by molar-refractivity contribution is 7.99. The van der Waals surface area contributed by atoms with E-state index in [0.717, 1.165) is 22.8 Å². The molecule has 9 heteroatoms. The minimum atomic E-state index is -0.0127. The van der Waals surface area contributed by atoms with E-state index in [1.165, 1.54) is 11.8 Å². The number of hydrogen-bond donors (Lipinski definition) is 1. The van der Waals surface area contributed by atoms with Gasteiger partial charge in [-0.3, -0.25) is 4.79 Å². The smallest absolute Gasteiger partial charge is 0.237 e. The predicted octanol–water partition coefficient (Wildman–Crippen LogP) is 4.59. The fourth-order valence-electron chi connectivity index (χ4n) is 3.27. The number of nitrogens with zero attached hydrogens (tertiary/aromatic N) is 5. The molecule has 2 aromatic heterocycles. The molecule has 0 aliphatic heterocycles. The Labute approximate surface area is 190 Å². The number of furan rings is 1. The molecule has 0 saturated carbocycles. The summed E-state index contributed by atoms with van der Waals surface area (Å²) < 4.78 is 6.98. The Morgan fingerprint density at radius 2 is 1.81 bits per heavy atom. The second-order valence-corrected chi connectivity index (χ2v) is 8.33.